The second-order valence-corrected chi connectivity index (χ2v) is 12.8. The number of hydrogen-bond acceptors (Lipinski definition) is 6. The predicted octanol–water partition coefficient (Wildman–Crippen LogP) is 3.98. The molecule has 4 N–H and O–H groups in total. The van der Waals surface area contributed by atoms with Crippen LogP contribution in [0.5, 0.6) is 5.75 Å². The fourth-order valence-electron chi connectivity index (χ4n) is 8.20. The normalized spacial score (nSPS) is 31.1. The van der Waals surface area contributed by atoms with Gasteiger partial charge in [0.25, 0.3) is 0 Å². The fourth-order valence-corrected chi connectivity index (χ4v) is 8.33. The summed E-state index contributed by atoms with van der Waals surface area (Å²) in [6.45, 7) is 0.462. The summed E-state index contributed by atoms with van der Waals surface area (Å²) in [4.78, 5) is 18.1. The molecule has 3 fully saturated rings. The molecule has 2 saturated heterocycles. The number of rotatable bonds is 5. The second kappa shape index (κ2) is 10.5. The van der Waals surface area contributed by atoms with Crippen molar-refractivity contribution in [1.29, 1.82) is 0 Å². The Morgan fingerprint density at radius 2 is 1.79 bits per heavy atom. The third kappa shape index (κ3) is 4.20. The van der Waals surface area contributed by atoms with Gasteiger partial charge in [-0.2, -0.15) is 0 Å². The molecule has 10 heteroatoms. The summed E-state index contributed by atoms with van der Waals surface area (Å²) in [6, 6.07) is 15.9. The summed E-state index contributed by atoms with van der Waals surface area (Å²) in [6.07, 6.45) is 2.31. The zero-order chi connectivity index (χ0) is 30.1. The first kappa shape index (κ1) is 28.6. The Labute approximate surface area is 254 Å². The van der Waals surface area contributed by atoms with E-state index in [0.29, 0.717) is 51.7 Å². The Balaban J connectivity index is 1.40. The van der Waals surface area contributed by atoms with Gasteiger partial charge in [0.05, 0.1) is 19.3 Å². The Morgan fingerprint density at radius 1 is 1.07 bits per heavy atom. The Morgan fingerprint density at radius 3 is 2.44 bits per heavy atom. The van der Waals surface area contributed by atoms with Crippen LogP contribution in [0.3, 0.4) is 0 Å². The van der Waals surface area contributed by atoms with Crippen LogP contribution >= 0.6 is 11.6 Å². The largest absolute Gasteiger partial charge is 0.478 e. The van der Waals surface area contributed by atoms with Crippen LogP contribution < -0.4 is 10.1 Å². The lowest BCUT2D eigenvalue weighted by Crippen LogP contribution is -2.61. The molecule has 2 amide bonds. The number of carbonyl (C=O) groups excluding carboxylic acids is 1. The summed E-state index contributed by atoms with van der Waals surface area (Å²) >= 11 is 6.29. The molecule has 1 aliphatic carbocycles. The van der Waals surface area contributed by atoms with Gasteiger partial charge in [-0.05, 0) is 78.9 Å². The Kier molecular flexibility index (Phi) is 6.94. The number of benzene rings is 3. The second-order valence-electron chi connectivity index (χ2n) is 12.4. The Hall–Kier alpha value is -3.21. The van der Waals surface area contributed by atoms with Gasteiger partial charge >= 0.3 is 6.03 Å². The van der Waals surface area contributed by atoms with Gasteiger partial charge < -0.3 is 30.3 Å². The zero-order valence-corrected chi connectivity index (χ0v) is 24.6. The highest BCUT2D eigenvalue weighted by Gasteiger charge is 2.73. The molecule has 8 nitrogen and oxygen atoms in total. The van der Waals surface area contributed by atoms with E-state index in [2.05, 4.69) is 17.3 Å². The van der Waals surface area contributed by atoms with Gasteiger partial charge in [0.1, 0.15) is 11.6 Å². The van der Waals surface area contributed by atoms with Crippen LogP contribution in [0.25, 0.3) is 0 Å². The van der Waals surface area contributed by atoms with Gasteiger partial charge in [0, 0.05) is 41.7 Å². The van der Waals surface area contributed by atoms with Crippen LogP contribution in [0, 0.1) is 5.82 Å². The number of nitrogens with one attached hydrogen (secondary N) is 1. The molecule has 1 saturated carbocycles. The lowest BCUT2D eigenvalue weighted by molar-refractivity contribution is -0.116. The monoisotopic (exact) mass is 607 g/mol. The number of amides is 2. The van der Waals surface area contributed by atoms with E-state index in [9.17, 15) is 24.5 Å². The number of likely N-dealkylation sites (N-methyl/N-ethyl adjacent to an activating group) is 1. The lowest BCUT2D eigenvalue weighted by Gasteiger charge is -2.43. The first-order chi connectivity index (χ1) is 20.7. The number of carbonyl (C=O) groups is 1. The first-order valence-corrected chi connectivity index (χ1v) is 15.2. The molecule has 6 atom stereocenters. The molecule has 2 unspecified atom stereocenters. The van der Waals surface area contributed by atoms with Crippen LogP contribution in [0.4, 0.5) is 9.18 Å². The SMILES string of the molecule is CN1C2CCC1CN(C(=O)N[C@H]1C[C@@H](c3cccc(F)c3)[C@]3(c4ccc(Cl)cc4)Oc4cc(CO)cc(CO)c4[C@]13O)C2. The fraction of sp³-hybridized carbons (Fsp3) is 0.424. The molecular formula is C33H35ClFN3O5. The van der Waals surface area contributed by atoms with Crippen molar-refractivity contribution in [2.24, 2.45) is 0 Å². The summed E-state index contributed by atoms with van der Waals surface area (Å²) < 4.78 is 21.6. The molecule has 7 rings (SSSR count). The average molecular weight is 608 g/mol. The molecule has 3 aliphatic heterocycles. The molecule has 3 aromatic rings. The molecule has 2 bridgehead atoms. The maximum absolute atomic E-state index is 14.7. The third-order valence-corrected chi connectivity index (χ3v) is 10.5. The van der Waals surface area contributed by atoms with Gasteiger partial charge in [0.2, 0.25) is 0 Å². The van der Waals surface area contributed by atoms with Crippen molar-refractivity contribution >= 4 is 17.6 Å². The number of nitrogens with zero attached hydrogens (tertiary/aromatic N) is 2. The molecular weight excluding hydrogens is 573 g/mol. The van der Waals surface area contributed by atoms with Crippen molar-refractivity contribution in [1.82, 2.24) is 15.1 Å². The lowest BCUT2D eigenvalue weighted by atomic mass is 9.70. The van der Waals surface area contributed by atoms with E-state index in [4.69, 9.17) is 16.3 Å². The summed E-state index contributed by atoms with van der Waals surface area (Å²) in [5.41, 5.74) is -0.960. The molecule has 43 heavy (non-hydrogen) atoms. The van der Waals surface area contributed by atoms with Crippen molar-refractivity contribution in [2.45, 2.75) is 67.7 Å². The molecule has 4 aliphatic rings. The number of ether oxygens (including phenoxy) is 1. The van der Waals surface area contributed by atoms with Crippen molar-refractivity contribution < 1.29 is 29.2 Å². The Bertz CT molecular complexity index is 1560. The van der Waals surface area contributed by atoms with Gasteiger partial charge in [0.15, 0.2) is 11.2 Å². The van der Waals surface area contributed by atoms with Crippen LogP contribution in [0.15, 0.2) is 60.7 Å². The number of hydrogen-bond donors (Lipinski definition) is 4. The average Bonchev–Trinajstić information content (AvgIpc) is 3.47. The number of fused-ring (bicyclic) bond motifs is 5. The van der Waals surface area contributed by atoms with Crippen LogP contribution in [0.1, 0.15) is 53.0 Å². The number of aliphatic hydroxyl groups is 3. The number of halogens is 2. The van der Waals surface area contributed by atoms with Gasteiger partial charge in [-0.15, -0.1) is 0 Å². The summed E-state index contributed by atoms with van der Waals surface area (Å²) in [5.74, 6) is -0.743. The van der Waals surface area contributed by atoms with Crippen LogP contribution in [-0.2, 0) is 24.4 Å². The summed E-state index contributed by atoms with van der Waals surface area (Å²) in [5, 5.41) is 37.4. The van der Waals surface area contributed by atoms with Gasteiger partial charge in [-0.1, -0.05) is 41.9 Å². The maximum atomic E-state index is 14.7. The summed E-state index contributed by atoms with van der Waals surface area (Å²) in [7, 11) is 2.10. The molecule has 0 spiro atoms. The van der Waals surface area contributed by atoms with E-state index in [-0.39, 0.29) is 31.1 Å². The minimum absolute atomic E-state index is 0.237. The van der Waals surface area contributed by atoms with Crippen molar-refractivity contribution in [3.05, 3.63) is 99.3 Å². The van der Waals surface area contributed by atoms with E-state index in [1.165, 1.54) is 12.1 Å². The number of likely N-dealkylation sites (tertiary alicyclic amines) is 1. The number of urea groups is 1. The quantitative estimate of drug-likeness (QED) is 0.350. The first-order valence-electron chi connectivity index (χ1n) is 14.8. The van der Waals surface area contributed by atoms with Crippen molar-refractivity contribution in [3.8, 4) is 5.75 Å². The predicted molar refractivity (Wildman–Crippen MR) is 158 cm³/mol. The zero-order valence-electron chi connectivity index (χ0n) is 23.8. The van der Waals surface area contributed by atoms with Crippen LogP contribution in [-0.4, -0.2) is 69.4 Å². The smallest absolute Gasteiger partial charge is 0.317 e. The molecule has 3 heterocycles. The third-order valence-electron chi connectivity index (χ3n) is 10.2. The highest BCUT2D eigenvalue weighted by molar-refractivity contribution is 6.30. The highest BCUT2D eigenvalue weighted by atomic mass is 35.5. The number of aliphatic hydroxyl groups excluding tert-OH is 2. The molecule has 226 valence electrons. The minimum Gasteiger partial charge on any atom is -0.478 e. The van der Waals surface area contributed by atoms with Gasteiger partial charge in [-0.3, -0.25) is 4.90 Å². The topological polar surface area (TPSA) is 106 Å². The maximum Gasteiger partial charge on any atom is 0.317 e. The van der Waals surface area contributed by atoms with Crippen molar-refractivity contribution in [2.75, 3.05) is 20.1 Å². The van der Waals surface area contributed by atoms with Gasteiger partial charge in [-0.25, -0.2) is 9.18 Å². The molecule has 0 radical (unpaired) electrons. The standard InChI is InChI=1S/C33H35ClFN3O5/c1-37-25-9-10-26(37)16-38(15-25)31(41)36-29-14-27(20-3-2-4-24(35)13-20)33(22-5-7-23(34)8-6-22)32(29,42)30-21(18-40)11-19(17-39)12-28(30)43-33/h2-8,11-13,25-27,29,39-40,42H,9-10,14-18H2,1H3,(H,36,41)/t25?,26?,27-,29-,32+,33-/m0/s1. The van der Waals surface area contributed by atoms with E-state index in [1.807, 2.05) is 4.90 Å². The van der Waals surface area contributed by atoms with Crippen molar-refractivity contribution in [3.63, 3.8) is 0 Å². The minimum atomic E-state index is -1.87. The van der Waals surface area contributed by atoms with E-state index in [1.54, 1.807) is 48.5 Å². The number of piperazine rings is 1. The van der Waals surface area contributed by atoms with E-state index >= 15 is 0 Å². The molecule has 3 aromatic carbocycles. The van der Waals surface area contributed by atoms with Crippen LogP contribution in [0.2, 0.25) is 5.02 Å². The van der Waals surface area contributed by atoms with E-state index < -0.39 is 35.6 Å². The molecule has 0 aromatic heterocycles. The van der Waals surface area contributed by atoms with E-state index in [0.717, 1.165) is 12.8 Å². The highest BCUT2D eigenvalue weighted by Crippen LogP contribution is 2.67.